The summed E-state index contributed by atoms with van der Waals surface area (Å²) < 4.78 is 5.39. The van der Waals surface area contributed by atoms with Crippen LogP contribution < -0.4 is 4.74 Å². The first-order chi connectivity index (χ1) is 16.4. The van der Waals surface area contributed by atoms with Crippen LogP contribution in [0.2, 0.25) is 5.02 Å². The molecule has 1 N–H and O–H groups in total. The molecule has 9 heteroatoms. The molecule has 1 atom stereocenters. The Kier molecular flexibility index (Phi) is 8.34. The SMILES string of the molecule is COc1ccc2ncc(Cl)c(CCCC3(CC(=O)O)CCN(CC(S)c4nccs4)CC3)c2c1. The third-order valence-electron chi connectivity index (χ3n) is 6.88. The van der Waals surface area contributed by atoms with Crippen LogP contribution in [0.4, 0.5) is 0 Å². The molecule has 1 unspecified atom stereocenters. The number of aryl methyl sites for hydroxylation is 1. The number of thiol groups is 1. The molecule has 34 heavy (non-hydrogen) atoms. The molecule has 0 aliphatic carbocycles. The van der Waals surface area contributed by atoms with E-state index in [2.05, 4.69) is 14.9 Å². The molecule has 4 rings (SSSR count). The van der Waals surface area contributed by atoms with Gasteiger partial charge in [-0.1, -0.05) is 11.6 Å². The number of hydrogen-bond donors (Lipinski definition) is 2. The lowest BCUT2D eigenvalue weighted by Gasteiger charge is -2.42. The van der Waals surface area contributed by atoms with E-state index in [-0.39, 0.29) is 17.1 Å². The highest BCUT2D eigenvalue weighted by atomic mass is 35.5. The van der Waals surface area contributed by atoms with E-state index in [9.17, 15) is 9.90 Å². The second kappa shape index (κ2) is 11.2. The number of hydrogen-bond acceptors (Lipinski definition) is 7. The molecule has 182 valence electrons. The van der Waals surface area contributed by atoms with Crippen molar-refractivity contribution in [1.29, 1.82) is 0 Å². The predicted molar refractivity (Wildman–Crippen MR) is 140 cm³/mol. The zero-order valence-electron chi connectivity index (χ0n) is 19.2. The molecular weight excluding hydrogens is 490 g/mol. The number of thiazole rings is 1. The topological polar surface area (TPSA) is 75.6 Å². The number of benzene rings is 1. The minimum Gasteiger partial charge on any atom is -0.497 e. The van der Waals surface area contributed by atoms with Crippen LogP contribution in [0.1, 0.15) is 47.9 Å². The zero-order valence-corrected chi connectivity index (χ0v) is 21.7. The minimum absolute atomic E-state index is 0.0890. The fourth-order valence-corrected chi connectivity index (χ4v) is 6.33. The Morgan fingerprint density at radius 1 is 1.35 bits per heavy atom. The van der Waals surface area contributed by atoms with Gasteiger partial charge in [0.15, 0.2) is 0 Å². The molecule has 2 aromatic heterocycles. The summed E-state index contributed by atoms with van der Waals surface area (Å²) in [4.78, 5) is 22.9. The van der Waals surface area contributed by atoms with E-state index in [0.717, 1.165) is 79.0 Å². The van der Waals surface area contributed by atoms with Gasteiger partial charge in [0.1, 0.15) is 10.8 Å². The second-order valence-electron chi connectivity index (χ2n) is 9.08. The summed E-state index contributed by atoms with van der Waals surface area (Å²) in [5.41, 5.74) is 1.74. The predicted octanol–water partition coefficient (Wildman–Crippen LogP) is 5.90. The normalized spacial score (nSPS) is 17.0. The van der Waals surface area contributed by atoms with Gasteiger partial charge < -0.3 is 14.7 Å². The lowest BCUT2D eigenvalue weighted by molar-refractivity contribution is -0.140. The molecular formula is C25H30ClN3O3S2. The van der Waals surface area contributed by atoms with Crippen LogP contribution in [0.25, 0.3) is 10.9 Å². The van der Waals surface area contributed by atoms with Gasteiger partial charge in [0.25, 0.3) is 0 Å². The van der Waals surface area contributed by atoms with Crippen molar-refractivity contribution in [3.8, 4) is 5.75 Å². The molecule has 1 aliphatic rings. The van der Waals surface area contributed by atoms with E-state index in [1.54, 1.807) is 24.6 Å². The van der Waals surface area contributed by atoms with Crippen LogP contribution in [-0.2, 0) is 11.2 Å². The van der Waals surface area contributed by atoms with E-state index in [1.807, 2.05) is 29.8 Å². The molecule has 0 spiro atoms. The monoisotopic (exact) mass is 519 g/mol. The number of fused-ring (bicyclic) bond motifs is 1. The zero-order chi connectivity index (χ0) is 24.1. The fourth-order valence-electron chi connectivity index (χ4n) is 4.99. The van der Waals surface area contributed by atoms with Crippen LogP contribution in [-0.4, -0.2) is 52.7 Å². The van der Waals surface area contributed by atoms with Gasteiger partial charge in [0, 0.05) is 29.7 Å². The number of carboxylic acids is 1. The van der Waals surface area contributed by atoms with Crippen LogP contribution in [0.3, 0.4) is 0 Å². The van der Waals surface area contributed by atoms with Gasteiger partial charge >= 0.3 is 5.97 Å². The first-order valence-electron chi connectivity index (χ1n) is 11.5. The first kappa shape index (κ1) is 25.2. The van der Waals surface area contributed by atoms with Gasteiger partial charge in [-0.15, -0.1) is 11.3 Å². The van der Waals surface area contributed by atoms with Crippen LogP contribution in [0, 0.1) is 5.41 Å². The Morgan fingerprint density at radius 2 is 2.15 bits per heavy atom. The van der Waals surface area contributed by atoms with Crippen molar-refractivity contribution >= 4 is 52.4 Å². The maximum absolute atomic E-state index is 11.7. The van der Waals surface area contributed by atoms with Crippen LogP contribution in [0.15, 0.2) is 36.0 Å². The number of methoxy groups -OCH3 is 1. The average Bonchev–Trinajstić information content (AvgIpc) is 3.37. The molecule has 0 bridgehead atoms. The van der Waals surface area contributed by atoms with Crippen molar-refractivity contribution in [2.45, 2.75) is 43.8 Å². The van der Waals surface area contributed by atoms with Crippen molar-refractivity contribution in [1.82, 2.24) is 14.9 Å². The van der Waals surface area contributed by atoms with E-state index in [0.29, 0.717) is 5.02 Å². The minimum atomic E-state index is -0.722. The van der Waals surface area contributed by atoms with E-state index < -0.39 is 5.97 Å². The summed E-state index contributed by atoms with van der Waals surface area (Å²) in [6, 6.07) is 5.81. The van der Waals surface area contributed by atoms with Crippen molar-refractivity contribution in [2.24, 2.45) is 5.41 Å². The molecule has 0 amide bonds. The Labute approximate surface area is 214 Å². The van der Waals surface area contributed by atoms with Gasteiger partial charge in [-0.3, -0.25) is 9.78 Å². The summed E-state index contributed by atoms with van der Waals surface area (Å²) in [5.74, 6) is 0.0493. The summed E-state index contributed by atoms with van der Waals surface area (Å²) in [6.07, 6.45) is 7.96. The molecule has 0 saturated carbocycles. The van der Waals surface area contributed by atoms with E-state index in [4.69, 9.17) is 29.0 Å². The molecule has 6 nitrogen and oxygen atoms in total. The number of likely N-dealkylation sites (tertiary alicyclic amines) is 1. The molecule has 1 aromatic carbocycles. The summed E-state index contributed by atoms with van der Waals surface area (Å²) >= 11 is 12.9. The Balaban J connectivity index is 1.41. The number of rotatable bonds is 10. The van der Waals surface area contributed by atoms with Crippen LogP contribution >= 0.6 is 35.6 Å². The Morgan fingerprint density at radius 3 is 2.82 bits per heavy atom. The quantitative estimate of drug-likeness (QED) is 0.325. The highest BCUT2D eigenvalue weighted by Gasteiger charge is 2.36. The van der Waals surface area contributed by atoms with E-state index in [1.165, 1.54) is 0 Å². The second-order valence-corrected chi connectivity index (χ2v) is 11.0. The molecule has 1 aliphatic heterocycles. The van der Waals surface area contributed by atoms with Gasteiger partial charge in [-0.25, -0.2) is 4.98 Å². The third-order valence-corrected chi connectivity index (χ3v) is 8.68. The smallest absolute Gasteiger partial charge is 0.303 e. The summed E-state index contributed by atoms with van der Waals surface area (Å²) in [7, 11) is 1.65. The number of piperidine rings is 1. The summed E-state index contributed by atoms with van der Waals surface area (Å²) in [6.45, 7) is 2.60. The molecule has 3 heterocycles. The fraction of sp³-hybridized carbons (Fsp3) is 0.480. The van der Waals surface area contributed by atoms with Crippen molar-refractivity contribution < 1.29 is 14.6 Å². The standard InChI is InChI=1S/C25H30ClN3O3S2/c1-32-17-4-5-21-19(13-17)18(20(26)15-28-21)3-2-6-25(14-23(30)31)7-10-29(11-8-25)16-22(33)24-27-9-12-34-24/h4-5,9,12-13,15,22,33H,2-3,6-8,10-11,14,16H2,1H3,(H,30,31). The lowest BCUT2D eigenvalue weighted by Crippen LogP contribution is -2.42. The van der Waals surface area contributed by atoms with Crippen molar-refractivity contribution in [3.05, 3.63) is 51.6 Å². The number of nitrogens with zero attached hydrogens (tertiary/aromatic N) is 3. The number of carboxylic acid groups (broad SMARTS) is 1. The number of ether oxygens (including phenoxy) is 1. The van der Waals surface area contributed by atoms with Crippen LogP contribution in [0.5, 0.6) is 5.75 Å². The highest BCUT2D eigenvalue weighted by Crippen LogP contribution is 2.41. The highest BCUT2D eigenvalue weighted by molar-refractivity contribution is 7.80. The van der Waals surface area contributed by atoms with Gasteiger partial charge in [-0.2, -0.15) is 12.6 Å². The van der Waals surface area contributed by atoms with Crippen molar-refractivity contribution in [3.63, 3.8) is 0 Å². The van der Waals surface area contributed by atoms with Gasteiger partial charge in [0.05, 0.1) is 29.3 Å². The lowest BCUT2D eigenvalue weighted by atomic mass is 9.72. The number of aromatic nitrogens is 2. The number of halogens is 1. The molecule has 3 aromatic rings. The maximum atomic E-state index is 11.7. The maximum Gasteiger partial charge on any atom is 0.303 e. The third kappa shape index (κ3) is 6.03. The average molecular weight is 520 g/mol. The first-order valence-corrected chi connectivity index (χ1v) is 13.3. The number of pyridine rings is 1. The Hall–Kier alpha value is -1.87. The van der Waals surface area contributed by atoms with E-state index >= 15 is 0 Å². The summed E-state index contributed by atoms with van der Waals surface area (Å²) in [5, 5.41) is 14.4. The molecule has 1 saturated heterocycles. The number of aliphatic carboxylic acids is 1. The molecule has 1 fully saturated rings. The van der Waals surface area contributed by atoms with Gasteiger partial charge in [0.2, 0.25) is 0 Å². The Bertz CT molecular complexity index is 1120. The van der Waals surface area contributed by atoms with Crippen molar-refractivity contribution in [2.75, 3.05) is 26.7 Å². The number of carbonyl (C=O) groups is 1. The molecule has 0 radical (unpaired) electrons. The largest absolute Gasteiger partial charge is 0.497 e. The van der Waals surface area contributed by atoms with Gasteiger partial charge in [-0.05, 0) is 74.4 Å².